The number of hydrogen-bond acceptors (Lipinski definition) is 2. The summed E-state index contributed by atoms with van der Waals surface area (Å²) in [6.45, 7) is 0.356. The van der Waals surface area contributed by atoms with E-state index in [1.807, 2.05) is 60.7 Å². The summed E-state index contributed by atoms with van der Waals surface area (Å²) < 4.78 is 2.87. The molecule has 0 amide bonds. The molecular formula is C25H17ClN2O2. The van der Waals surface area contributed by atoms with E-state index in [1.165, 1.54) is 4.57 Å². The maximum absolute atomic E-state index is 13.5. The highest BCUT2D eigenvalue weighted by Gasteiger charge is 2.15. The van der Waals surface area contributed by atoms with Crippen molar-refractivity contribution in [1.29, 1.82) is 0 Å². The molecule has 5 rings (SSSR count). The minimum atomic E-state index is -0.381. The summed E-state index contributed by atoms with van der Waals surface area (Å²) in [4.78, 5) is 26.7. The van der Waals surface area contributed by atoms with Crippen molar-refractivity contribution in [3.05, 3.63) is 122 Å². The molecule has 0 saturated carbocycles. The van der Waals surface area contributed by atoms with Gasteiger partial charge in [-0.1, -0.05) is 66.2 Å². The topological polar surface area (TPSA) is 44.0 Å². The van der Waals surface area contributed by atoms with Gasteiger partial charge in [0, 0.05) is 5.02 Å². The van der Waals surface area contributed by atoms with Crippen molar-refractivity contribution >= 4 is 33.3 Å². The molecule has 0 aliphatic carbocycles. The fourth-order valence-corrected chi connectivity index (χ4v) is 4.02. The second-order valence-electron chi connectivity index (χ2n) is 7.14. The standard InChI is InChI=1S/C25H17ClN2O2/c26-19-12-14-20(15-13-19)28-24(29)22-10-3-4-11-23(22)27(25(28)30)16-18-8-5-7-17-6-1-2-9-21(17)18/h1-15H,16H2. The zero-order valence-corrected chi connectivity index (χ0v) is 16.7. The number of fused-ring (bicyclic) bond motifs is 2. The van der Waals surface area contributed by atoms with E-state index in [-0.39, 0.29) is 11.2 Å². The minimum absolute atomic E-state index is 0.341. The molecule has 1 aromatic heterocycles. The lowest BCUT2D eigenvalue weighted by molar-refractivity contribution is 0.717. The van der Waals surface area contributed by atoms with Gasteiger partial charge in [0.25, 0.3) is 5.56 Å². The summed E-state index contributed by atoms with van der Waals surface area (Å²) in [5, 5.41) is 3.23. The van der Waals surface area contributed by atoms with Crippen molar-refractivity contribution in [3.63, 3.8) is 0 Å². The molecule has 146 valence electrons. The van der Waals surface area contributed by atoms with Gasteiger partial charge in [-0.15, -0.1) is 0 Å². The van der Waals surface area contributed by atoms with Crippen LogP contribution in [0.2, 0.25) is 5.02 Å². The van der Waals surface area contributed by atoms with Gasteiger partial charge in [-0.25, -0.2) is 9.36 Å². The Kier molecular flexibility index (Phi) is 4.49. The molecule has 0 unspecified atom stereocenters. The fourth-order valence-electron chi connectivity index (χ4n) is 3.89. The molecule has 0 atom stereocenters. The zero-order chi connectivity index (χ0) is 20.7. The van der Waals surface area contributed by atoms with E-state index in [2.05, 4.69) is 0 Å². The summed E-state index contributed by atoms with van der Waals surface area (Å²) in [5.74, 6) is 0. The van der Waals surface area contributed by atoms with Crippen LogP contribution in [0, 0.1) is 0 Å². The molecule has 0 aliphatic heterocycles. The number of benzene rings is 4. The minimum Gasteiger partial charge on any atom is -0.288 e. The van der Waals surface area contributed by atoms with Crippen LogP contribution in [-0.4, -0.2) is 9.13 Å². The van der Waals surface area contributed by atoms with Gasteiger partial charge in [0.2, 0.25) is 0 Å². The Morgan fingerprint density at radius 3 is 2.17 bits per heavy atom. The molecule has 0 saturated heterocycles. The van der Waals surface area contributed by atoms with E-state index < -0.39 is 0 Å². The molecular weight excluding hydrogens is 396 g/mol. The van der Waals surface area contributed by atoms with E-state index in [9.17, 15) is 9.59 Å². The van der Waals surface area contributed by atoms with Gasteiger partial charge < -0.3 is 0 Å². The van der Waals surface area contributed by atoms with Crippen molar-refractivity contribution in [1.82, 2.24) is 9.13 Å². The molecule has 0 bridgehead atoms. The Hall–Kier alpha value is -3.63. The van der Waals surface area contributed by atoms with Gasteiger partial charge in [-0.05, 0) is 52.7 Å². The molecule has 0 N–H and O–H groups in total. The van der Waals surface area contributed by atoms with Gasteiger partial charge in [-0.2, -0.15) is 0 Å². The van der Waals surface area contributed by atoms with E-state index in [4.69, 9.17) is 11.6 Å². The van der Waals surface area contributed by atoms with E-state index in [0.29, 0.717) is 28.2 Å². The zero-order valence-electron chi connectivity index (χ0n) is 16.0. The maximum atomic E-state index is 13.5. The van der Waals surface area contributed by atoms with E-state index >= 15 is 0 Å². The van der Waals surface area contributed by atoms with Gasteiger partial charge in [-0.3, -0.25) is 9.36 Å². The third kappa shape index (κ3) is 3.02. The first-order chi connectivity index (χ1) is 14.6. The third-order valence-corrected chi connectivity index (χ3v) is 5.60. The van der Waals surface area contributed by atoms with Gasteiger partial charge >= 0.3 is 5.69 Å². The van der Waals surface area contributed by atoms with Crippen molar-refractivity contribution in [2.75, 3.05) is 0 Å². The molecule has 4 nitrogen and oxygen atoms in total. The average Bonchev–Trinajstić information content (AvgIpc) is 2.78. The van der Waals surface area contributed by atoms with Crippen LogP contribution in [-0.2, 0) is 6.54 Å². The molecule has 0 aliphatic rings. The normalized spacial score (nSPS) is 11.2. The maximum Gasteiger partial charge on any atom is 0.336 e. The highest BCUT2D eigenvalue weighted by atomic mass is 35.5. The first-order valence-electron chi connectivity index (χ1n) is 9.61. The molecule has 30 heavy (non-hydrogen) atoms. The molecule has 0 fully saturated rings. The number of halogens is 1. The molecule has 1 heterocycles. The highest BCUT2D eigenvalue weighted by Crippen LogP contribution is 2.20. The number of para-hydroxylation sites is 1. The van der Waals surface area contributed by atoms with Crippen LogP contribution < -0.4 is 11.2 Å². The largest absolute Gasteiger partial charge is 0.336 e. The Bertz CT molecular complexity index is 1510. The molecule has 5 heteroatoms. The summed E-state index contributed by atoms with van der Waals surface area (Å²) in [6, 6.07) is 28.1. The number of hydrogen-bond donors (Lipinski definition) is 0. The third-order valence-electron chi connectivity index (χ3n) is 5.34. The van der Waals surface area contributed by atoms with Gasteiger partial charge in [0.15, 0.2) is 0 Å². The smallest absolute Gasteiger partial charge is 0.288 e. The van der Waals surface area contributed by atoms with Gasteiger partial charge in [0.05, 0.1) is 23.1 Å². The Balaban J connectivity index is 1.80. The molecule has 0 spiro atoms. The summed E-state index contributed by atoms with van der Waals surface area (Å²) in [7, 11) is 0. The van der Waals surface area contributed by atoms with Crippen LogP contribution in [0.3, 0.4) is 0 Å². The predicted octanol–water partition coefficient (Wildman–Crippen LogP) is 5.01. The van der Waals surface area contributed by atoms with Crippen molar-refractivity contribution in [2.45, 2.75) is 6.54 Å². The van der Waals surface area contributed by atoms with Crippen LogP contribution in [0.1, 0.15) is 5.56 Å². The van der Waals surface area contributed by atoms with Crippen LogP contribution in [0.5, 0.6) is 0 Å². The Morgan fingerprint density at radius 2 is 1.37 bits per heavy atom. The Morgan fingerprint density at radius 1 is 0.700 bits per heavy atom. The number of aromatic nitrogens is 2. The van der Waals surface area contributed by atoms with Crippen LogP contribution in [0.25, 0.3) is 27.4 Å². The molecule has 0 radical (unpaired) electrons. The monoisotopic (exact) mass is 412 g/mol. The summed E-state index contributed by atoms with van der Waals surface area (Å²) in [6.07, 6.45) is 0. The summed E-state index contributed by atoms with van der Waals surface area (Å²) >= 11 is 6.00. The number of nitrogens with zero attached hydrogens (tertiary/aromatic N) is 2. The molecule has 4 aromatic carbocycles. The lowest BCUT2D eigenvalue weighted by Gasteiger charge is -2.15. The van der Waals surface area contributed by atoms with Crippen LogP contribution >= 0.6 is 11.6 Å². The van der Waals surface area contributed by atoms with E-state index in [1.54, 1.807) is 34.9 Å². The Labute approximate surface area is 177 Å². The second-order valence-corrected chi connectivity index (χ2v) is 7.58. The lowest BCUT2D eigenvalue weighted by atomic mass is 10.0. The first kappa shape index (κ1) is 18.4. The molecule has 5 aromatic rings. The SMILES string of the molecule is O=c1c2ccccc2n(Cc2cccc3ccccc23)c(=O)n1-c1ccc(Cl)cc1. The van der Waals surface area contributed by atoms with E-state index in [0.717, 1.165) is 16.3 Å². The van der Waals surface area contributed by atoms with Crippen LogP contribution in [0.15, 0.2) is 101 Å². The van der Waals surface area contributed by atoms with Gasteiger partial charge in [0.1, 0.15) is 0 Å². The van der Waals surface area contributed by atoms with Crippen molar-refractivity contribution in [3.8, 4) is 5.69 Å². The van der Waals surface area contributed by atoms with Crippen molar-refractivity contribution < 1.29 is 0 Å². The predicted molar refractivity (Wildman–Crippen MR) is 122 cm³/mol. The summed E-state index contributed by atoms with van der Waals surface area (Å²) in [5.41, 5.74) is 1.40. The first-order valence-corrected chi connectivity index (χ1v) is 9.98. The van der Waals surface area contributed by atoms with Crippen molar-refractivity contribution in [2.24, 2.45) is 0 Å². The fraction of sp³-hybridized carbons (Fsp3) is 0.0400. The average molecular weight is 413 g/mol. The lowest BCUT2D eigenvalue weighted by Crippen LogP contribution is -2.39. The number of rotatable bonds is 3. The second kappa shape index (κ2) is 7.32. The quantitative estimate of drug-likeness (QED) is 0.418. The van der Waals surface area contributed by atoms with Crippen LogP contribution in [0.4, 0.5) is 0 Å². The highest BCUT2D eigenvalue weighted by molar-refractivity contribution is 6.30.